The molecule has 0 spiro atoms. The van der Waals surface area contributed by atoms with Gasteiger partial charge in [-0.25, -0.2) is 14.6 Å². The molecule has 1 saturated heterocycles. The highest BCUT2D eigenvalue weighted by atomic mass is 32.2. The molecule has 2 aliphatic heterocycles. The van der Waals surface area contributed by atoms with E-state index < -0.39 is 0 Å². The maximum atomic E-state index is 13.7. The Morgan fingerprint density at radius 1 is 1.05 bits per heavy atom. The van der Waals surface area contributed by atoms with Gasteiger partial charge in [-0.1, -0.05) is 6.07 Å². The molecule has 3 aromatic heterocycles. The monoisotopic (exact) mass is 615 g/mol. The zero-order valence-corrected chi connectivity index (χ0v) is 27.3. The summed E-state index contributed by atoms with van der Waals surface area (Å²) in [4.78, 5) is 28.2. The lowest BCUT2D eigenvalue weighted by Crippen LogP contribution is -2.40. The quantitative estimate of drug-likeness (QED) is 0.304. The number of fused-ring (bicyclic) bond motifs is 6. The average molecular weight is 616 g/mol. The van der Waals surface area contributed by atoms with Crippen LogP contribution >= 0.6 is 11.9 Å². The van der Waals surface area contributed by atoms with Gasteiger partial charge in [0.15, 0.2) is 5.82 Å². The van der Waals surface area contributed by atoms with Gasteiger partial charge < -0.3 is 14.5 Å². The fraction of sp³-hybridized carbons (Fsp3) is 0.588. The lowest BCUT2D eigenvalue weighted by molar-refractivity contribution is 0.0984. The first-order valence-corrected chi connectivity index (χ1v) is 17.2. The fourth-order valence-electron chi connectivity index (χ4n) is 7.44. The summed E-state index contributed by atoms with van der Waals surface area (Å²) in [5.41, 5.74) is 1.56. The minimum Gasteiger partial charge on any atom is -0.477 e. The van der Waals surface area contributed by atoms with E-state index in [0.717, 1.165) is 72.9 Å². The minimum atomic E-state index is -0.180. The van der Waals surface area contributed by atoms with E-state index in [2.05, 4.69) is 48.4 Å². The van der Waals surface area contributed by atoms with Crippen molar-refractivity contribution >= 4 is 29.5 Å². The van der Waals surface area contributed by atoms with Crippen molar-refractivity contribution in [3.63, 3.8) is 0 Å². The largest absolute Gasteiger partial charge is 0.477 e. The third kappa shape index (κ3) is 6.28. The second-order valence-electron chi connectivity index (χ2n) is 14.0. The van der Waals surface area contributed by atoms with Crippen molar-refractivity contribution in [1.29, 1.82) is 0 Å². The molecule has 1 atom stereocenters. The van der Waals surface area contributed by atoms with Crippen LogP contribution in [0.3, 0.4) is 0 Å². The van der Waals surface area contributed by atoms with Crippen molar-refractivity contribution in [2.75, 3.05) is 36.5 Å². The number of hydrogen-bond acceptors (Lipinski definition) is 8. The number of nitrogens with one attached hydrogen (secondary N) is 1. The lowest BCUT2D eigenvalue weighted by Gasteiger charge is -2.34. The highest BCUT2D eigenvalue weighted by molar-refractivity contribution is 7.97. The summed E-state index contributed by atoms with van der Waals surface area (Å²) in [6, 6.07) is 9.71. The Balaban J connectivity index is 1.14. The molecule has 10 heteroatoms. The molecule has 5 heterocycles. The molecule has 44 heavy (non-hydrogen) atoms. The van der Waals surface area contributed by atoms with E-state index in [-0.39, 0.29) is 11.4 Å². The topological polar surface area (TPSA) is 88.4 Å². The molecule has 0 aromatic carbocycles. The highest BCUT2D eigenvalue weighted by Gasteiger charge is 2.42. The number of ether oxygens (including phenoxy) is 1. The molecule has 234 valence electrons. The molecule has 3 fully saturated rings. The number of rotatable bonds is 7. The van der Waals surface area contributed by atoms with Gasteiger partial charge in [-0.2, -0.15) is 0 Å². The molecule has 1 unspecified atom stereocenters. The second-order valence-corrected chi connectivity index (χ2v) is 14.8. The summed E-state index contributed by atoms with van der Waals surface area (Å²) >= 11 is 1.25. The number of carbonyl (C=O) groups excluding carboxylic acids is 1. The Bertz CT molecular complexity index is 1500. The van der Waals surface area contributed by atoms with Crippen molar-refractivity contribution in [2.24, 2.45) is 23.7 Å². The number of nitrogens with zero attached hydrogens (tertiary/aromatic N) is 6. The smallest absolute Gasteiger partial charge is 0.265 e. The third-order valence-corrected chi connectivity index (χ3v) is 10.8. The maximum Gasteiger partial charge on any atom is 0.265 e. The van der Waals surface area contributed by atoms with Gasteiger partial charge in [0.05, 0.1) is 12.2 Å². The van der Waals surface area contributed by atoms with Crippen LogP contribution in [0.1, 0.15) is 81.1 Å². The van der Waals surface area contributed by atoms with Gasteiger partial charge in [0.1, 0.15) is 16.7 Å². The zero-order chi connectivity index (χ0) is 30.4. The first kappa shape index (κ1) is 29.4. The van der Waals surface area contributed by atoms with Crippen LogP contribution in [0.15, 0.2) is 41.6 Å². The molecule has 3 aromatic rings. The van der Waals surface area contributed by atoms with Gasteiger partial charge in [-0.05, 0) is 120 Å². The molecule has 1 amide bonds. The number of pyridine rings is 2. The molecule has 9 nitrogen and oxygen atoms in total. The SMILES string of the molecule is Cc1ccc2nc1N(C)CCCC1CN(c3nc(-n4ccc(OCCC(C5CC5)C5CC5)n4)ccc3C(=O)NS2)C(C)(C)C1. The van der Waals surface area contributed by atoms with E-state index in [1.165, 1.54) is 37.6 Å². The molecular weight excluding hydrogens is 570 g/mol. The minimum absolute atomic E-state index is 0.137. The zero-order valence-electron chi connectivity index (χ0n) is 26.5. The van der Waals surface area contributed by atoms with E-state index >= 15 is 0 Å². The standard InChI is InChI=1S/C34H45N7O2S/c1-22-7-14-30-36-31(22)39(4)17-5-6-23-20-34(2,3)40(21-23)32-27(33(42)38-44-30)12-13-28(35-32)41-18-15-29(37-41)43-19-16-26(24-8-9-24)25-10-11-25/h7,12-15,18,23-26H,5-6,8-11,16-17,19-21H2,1-4H3,(H,38,42). The van der Waals surface area contributed by atoms with Crippen LogP contribution in [0.5, 0.6) is 5.88 Å². The third-order valence-electron chi connectivity index (χ3n) is 10.0. The Morgan fingerprint density at radius 3 is 2.61 bits per heavy atom. The van der Waals surface area contributed by atoms with Crippen LogP contribution in [0.4, 0.5) is 11.6 Å². The van der Waals surface area contributed by atoms with Gasteiger partial charge in [-0.15, -0.1) is 5.10 Å². The number of amides is 1. The molecule has 4 aliphatic rings. The lowest BCUT2D eigenvalue weighted by atomic mass is 9.93. The van der Waals surface area contributed by atoms with E-state index in [0.29, 0.717) is 35.6 Å². The molecule has 0 radical (unpaired) electrons. The summed E-state index contributed by atoms with van der Waals surface area (Å²) in [5.74, 6) is 5.98. The van der Waals surface area contributed by atoms with E-state index in [9.17, 15) is 4.79 Å². The first-order chi connectivity index (χ1) is 21.2. The molecular formula is C34H45N7O2S. The maximum absolute atomic E-state index is 13.7. The van der Waals surface area contributed by atoms with Crippen LogP contribution in [0.2, 0.25) is 0 Å². The van der Waals surface area contributed by atoms with E-state index in [1.807, 2.05) is 30.5 Å². The van der Waals surface area contributed by atoms with Crippen molar-refractivity contribution in [1.82, 2.24) is 24.5 Å². The molecule has 2 aliphatic carbocycles. The van der Waals surface area contributed by atoms with Crippen molar-refractivity contribution < 1.29 is 9.53 Å². The van der Waals surface area contributed by atoms with Gasteiger partial charge >= 0.3 is 0 Å². The van der Waals surface area contributed by atoms with Gasteiger partial charge in [0.2, 0.25) is 5.88 Å². The molecule has 2 saturated carbocycles. The normalized spacial score (nSPS) is 21.9. The van der Waals surface area contributed by atoms with Crippen LogP contribution < -0.4 is 19.3 Å². The Morgan fingerprint density at radius 2 is 1.84 bits per heavy atom. The van der Waals surface area contributed by atoms with E-state index in [1.54, 1.807) is 4.68 Å². The van der Waals surface area contributed by atoms with Gasteiger partial charge in [0.25, 0.3) is 5.91 Å². The Labute approximate surface area is 265 Å². The van der Waals surface area contributed by atoms with Crippen LogP contribution in [0.25, 0.3) is 5.82 Å². The summed E-state index contributed by atoms with van der Waals surface area (Å²) in [5, 5.41) is 5.49. The highest BCUT2D eigenvalue weighted by Crippen LogP contribution is 2.50. The number of aryl methyl sites for hydroxylation is 1. The Hall–Kier alpha value is -3.27. The molecule has 7 rings (SSSR count). The summed E-state index contributed by atoms with van der Waals surface area (Å²) in [7, 11) is 2.11. The first-order valence-electron chi connectivity index (χ1n) is 16.4. The second kappa shape index (κ2) is 11.9. The summed E-state index contributed by atoms with van der Waals surface area (Å²) in [6.45, 7) is 9.13. The molecule has 1 N–H and O–H groups in total. The Kier molecular flexibility index (Phi) is 7.97. The summed E-state index contributed by atoms with van der Waals surface area (Å²) < 4.78 is 10.9. The predicted molar refractivity (Wildman–Crippen MR) is 175 cm³/mol. The number of anilines is 2. The van der Waals surface area contributed by atoms with Gasteiger partial charge in [-0.3, -0.25) is 9.52 Å². The van der Waals surface area contributed by atoms with Crippen molar-refractivity contribution in [3.05, 3.63) is 47.7 Å². The van der Waals surface area contributed by atoms with E-state index in [4.69, 9.17) is 19.8 Å². The number of hydrogen-bond donors (Lipinski definition) is 1. The predicted octanol–water partition coefficient (Wildman–Crippen LogP) is 6.45. The fourth-order valence-corrected chi connectivity index (χ4v) is 8.01. The van der Waals surface area contributed by atoms with Crippen LogP contribution in [0, 0.1) is 30.6 Å². The molecule has 4 bridgehead atoms. The average Bonchev–Trinajstić information content (AvgIpc) is 3.94. The van der Waals surface area contributed by atoms with Crippen LogP contribution in [-0.4, -0.2) is 57.9 Å². The number of aromatic nitrogens is 4. The van der Waals surface area contributed by atoms with Gasteiger partial charge in [0, 0.05) is 49.9 Å². The van der Waals surface area contributed by atoms with Crippen LogP contribution in [-0.2, 0) is 0 Å². The summed E-state index contributed by atoms with van der Waals surface area (Å²) in [6.07, 6.45) is 11.8. The van der Waals surface area contributed by atoms with Crippen molar-refractivity contribution in [2.45, 2.75) is 82.7 Å². The van der Waals surface area contributed by atoms with Crippen molar-refractivity contribution in [3.8, 4) is 11.7 Å². The number of carbonyl (C=O) groups is 1.